The lowest BCUT2D eigenvalue weighted by Crippen LogP contribution is -2.21. The number of rotatable bonds is 7. The molecule has 0 radical (unpaired) electrons. The third-order valence-electron chi connectivity index (χ3n) is 4.60. The number of thioether (sulfide) groups is 1. The standard InChI is InChI=1S/C21H24BrN5OS/c1-14-12-16(10-11-18(14)22)23-19(28)13-29-21-25-24-20(15(2)26(3)4)27(21)17-8-6-5-7-9-17/h5-12,15H,13H2,1-4H3,(H,23,28)/t15-/m1/s1. The fourth-order valence-electron chi connectivity index (χ4n) is 2.75. The van der Waals surface area contributed by atoms with E-state index in [1.807, 2.05) is 74.1 Å². The van der Waals surface area contributed by atoms with E-state index in [-0.39, 0.29) is 17.7 Å². The number of halogens is 1. The summed E-state index contributed by atoms with van der Waals surface area (Å²) >= 11 is 4.85. The summed E-state index contributed by atoms with van der Waals surface area (Å²) in [5.41, 5.74) is 2.83. The molecule has 3 aromatic rings. The number of anilines is 1. The number of aromatic nitrogens is 3. The molecule has 0 aliphatic rings. The minimum atomic E-state index is -0.0819. The molecule has 0 bridgehead atoms. The first-order valence-electron chi connectivity index (χ1n) is 9.22. The van der Waals surface area contributed by atoms with Crippen molar-refractivity contribution in [2.75, 3.05) is 25.2 Å². The van der Waals surface area contributed by atoms with Crippen LogP contribution in [0.2, 0.25) is 0 Å². The van der Waals surface area contributed by atoms with E-state index in [0.717, 1.165) is 27.2 Å². The molecular weight excluding hydrogens is 450 g/mol. The van der Waals surface area contributed by atoms with Crippen LogP contribution in [0.25, 0.3) is 5.69 Å². The van der Waals surface area contributed by atoms with Crippen molar-refractivity contribution in [2.24, 2.45) is 0 Å². The first-order valence-corrected chi connectivity index (χ1v) is 11.0. The first kappa shape index (κ1) is 21.5. The van der Waals surface area contributed by atoms with Crippen molar-refractivity contribution < 1.29 is 4.79 Å². The van der Waals surface area contributed by atoms with Crippen molar-refractivity contribution >= 4 is 39.3 Å². The van der Waals surface area contributed by atoms with E-state index in [9.17, 15) is 4.79 Å². The van der Waals surface area contributed by atoms with Crippen LogP contribution in [0.1, 0.15) is 24.4 Å². The second kappa shape index (κ2) is 9.56. The molecule has 152 valence electrons. The van der Waals surface area contributed by atoms with Crippen LogP contribution < -0.4 is 5.32 Å². The van der Waals surface area contributed by atoms with Crippen molar-refractivity contribution in [1.29, 1.82) is 0 Å². The average molecular weight is 474 g/mol. The van der Waals surface area contributed by atoms with Gasteiger partial charge in [-0.1, -0.05) is 45.9 Å². The van der Waals surface area contributed by atoms with Gasteiger partial charge in [-0.3, -0.25) is 14.3 Å². The van der Waals surface area contributed by atoms with Crippen LogP contribution in [0.5, 0.6) is 0 Å². The van der Waals surface area contributed by atoms with E-state index in [1.165, 1.54) is 11.8 Å². The molecule has 6 nitrogen and oxygen atoms in total. The third kappa shape index (κ3) is 5.26. The van der Waals surface area contributed by atoms with E-state index in [4.69, 9.17) is 0 Å². The number of carbonyl (C=O) groups is 1. The van der Waals surface area contributed by atoms with Crippen LogP contribution in [0.15, 0.2) is 58.2 Å². The molecule has 1 N–H and O–H groups in total. The molecule has 1 atom stereocenters. The van der Waals surface area contributed by atoms with Crippen LogP contribution in [0.3, 0.4) is 0 Å². The lowest BCUT2D eigenvalue weighted by Gasteiger charge is -2.20. The summed E-state index contributed by atoms with van der Waals surface area (Å²) in [5.74, 6) is 1.00. The van der Waals surface area contributed by atoms with Gasteiger partial charge in [-0.05, 0) is 63.8 Å². The van der Waals surface area contributed by atoms with Crippen molar-refractivity contribution in [1.82, 2.24) is 19.7 Å². The van der Waals surface area contributed by atoms with E-state index in [0.29, 0.717) is 5.16 Å². The Balaban J connectivity index is 1.78. The maximum absolute atomic E-state index is 12.5. The summed E-state index contributed by atoms with van der Waals surface area (Å²) in [6.07, 6.45) is 0. The number of benzene rings is 2. The molecule has 0 aliphatic carbocycles. The van der Waals surface area contributed by atoms with Gasteiger partial charge in [0, 0.05) is 15.8 Å². The summed E-state index contributed by atoms with van der Waals surface area (Å²) in [7, 11) is 4.02. The van der Waals surface area contributed by atoms with E-state index < -0.39 is 0 Å². The van der Waals surface area contributed by atoms with Crippen molar-refractivity contribution in [3.05, 3.63) is 64.4 Å². The number of hydrogen-bond acceptors (Lipinski definition) is 5. The van der Waals surface area contributed by atoms with Crippen LogP contribution in [-0.4, -0.2) is 45.4 Å². The monoisotopic (exact) mass is 473 g/mol. The topological polar surface area (TPSA) is 63.1 Å². The summed E-state index contributed by atoms with van der Waals surface area (Å²) in [4.78, 5) is 14.6. The molecule has 3 rings (SSSR count). The van der Waals surface area contributed by atoms with Gasteiger partial charge >= 0.3 is 0 Å². The second-order valence-electron chi connectivity index (χ2n) is 6.95. The predicted molar refractivity (Wildman–Crippen MR) is 122 cm³/mol. The van der Waals surface area contributed by atoms with E-state index >= 15 is 0 Å². The van der Waals surface area contributed by atoms with E-state index in [1.54, 1.807) is 0 Å². The van der Waals surface area contributed by atoms with Gasteiger partial charge in [-0.15, -0.1) is 10.2 Å². The van der Waals surface area contributed by atoms with Crippen LogP contribution in [0.4, 0.5) is 5.69 Å². The molecule has 1 heterocycles. The van der Waals surface area contributed by atoms with Crippen LogP contribution >= 0.6 is 27.7 Å². The fraction of sp³-hybridized carbons (Fsp3) is 0.286. The number of para-hydroxylation sites is 1. The zero-order valence-electron chi connectivity index (χ0n) is 16.9. The Labute approximate surface area is 183 Å². The SMILES string of the molecule is Cc1cc(NC(=O)CSc2nnc([C@@H](C)N(C)C)n2-c2ccccc2)ccc1Br. The molecule has 8 heteroatoms. The van der Waals surface area contributed by atoms with Crippen molar-refractivity contribution in [2.45, 2.75) is 25.0 Å². The molecule has 1 aromatic heterocycles. The molecule has 0 saturated carbocycles. The maximum atomic E-state index is 12.5. The normalized spacial score (nSPS) is 12.2. The Morgan fingerprint density at radius 2 is 1.93 bits per heavy atom. The molecule has 0 unspecified atom stereocenters. The third-order valence-corrected chi connectivity index (χ3v) is 6.41. The zero-order chi connectivity index (χ0) is 21.0. The molecule has 0 spiro atoms. The molecule has 0 saturated heterocycles. The highest BCUT2D eigenvalue weighted by molar-refractivity contribution is 9.10. The highest BCUT2D eigenvalue weighted by Gasteiger charge is 2.21. The minimum absolute atomic E-state index is 0.0802. The van der Waals surface area contributed by atoms with Gasteiger partial charge in [0.15, 0.2) is 11.0 Å². The Morgan fingerprint density at radius 1 is 1.21 bits per heavy atom. The maximum Gasteiger partial charge on any atom is 0.234 e. The molecule has 29 heavy (non-hydrogen) atoms. The summed E-state index contributed by atoms with van der Waals surface area (Å²) in [6, 6.07) is 15.8. The second-order valence-corrected chi connectivity index (χ2v) is 8.75. The summed E-state index contributed by atoms with van der Waals surface area (Å²) in [5, 5.41) is 12.4. The molecular formula is C21H24BrN5OS. The first-order chi connectivity index (χ1) is 13.9. The summed E-state index contributed by atoms with van der Waals surface area (Å²) in [6.45, 7) is 4.07. The van der Waals surface area contributed by atoms with Gasteiger partial charge in [0.2, 0.25) is 5.91 Å². The quantitative estimate of drug-likeness (QED) is 0.504. The van der Waals surface area contributed by atoms with Gasteiger partial charge < -0.3 is 5.32 Å². The van der Waals surface area contributed by atoms with Gasteiger partial charge in [-0.2, -0.15) is 0 Å². The van der Waals surface area contributed by atoms with Gasteiger partial charge in [0.05, 0.1) is 11.8 Å². The van der Waals surface area contributed by atoms with Crippen LogP contribution in [0, 0.1) is 6.92 Å². The minimum Gasteiger partial charge on any atom is -0.325 e. The van der Waals surface area contributed by atoms with Crippen LogP contribution in [-0.2, 0) is 4.79 Å². The van der Waals surface area contributed by atoms with Gasteiger partial charge in [0.25, 0.3) is 0 Å². The number of amides is 1. The largest absolute Gasteiger partial charge is 0.325 e. The molecule has 1 amide bonds. The number of nitrogens with one attached hydrogen (secondary N) is 1. The number of aryl methyl sites for hydroxylation is 1. The lowest BCUT2D eigenvalue weighted by molar-refractivity contribution is -0.113. The number of nitrogens with zero attached hydrogens (tertiary/aromatic N) is 4. The highest BCUT2D eigenvalue weighted by atomic mass is 79.9. The van der Waals surface area contributed by atoms with Gasteiger partial charge in [0.1, 0.15) is 0 Å². The van der Waals surface area contributed by atoms with E-state index in [2.05, 4.69) is 43.3 Å². The van der Waals surface area contributed by atoms with Crippen molar-refractivity contribution in [3.8, 4) is 5.69 Å². The molecule has 0 aliphatic heterocycles. The number of carbonyl (C=O) groups excluding carboxylic acids is 1. The Kier molecular flexibility index (Phi) is 7.10. The molecule has 2 aromatic carbocycles. The smallest absolute Gasteiger partial charge is 0.234 e. The number of hydrogen-bond donors (Lipinski definition) is 1. The molecule has 0 fully saturated rings. The fourth-order valence-corrected chi connectivity index (χ4v) is 3.75. The Hall–Kier alpha value is -2.16. The Morgan fingerprint density at radius 3 is 2.59 bits per heavy atom. The lowest BCUT2D eigenvalue weighted by atomic mass is 10.2. The van der Waals surface area contributed by atoms with Crippen molar-refractivity contribution in [3.63, 3.8) is 0 Å². The Bertz CT molecular complexity index is 990. The average Bonchev–Trinajstić information content (AvgIpc) is 3.13. The zero-order valence-corrected chi connectivity index (χ0v) is 19.3. The van der Waals surface area contributed by atoms with Gasteiger partial charge in [-0.25, -0.2) is 0 Å². The summed E-state index contributed by atoms with van der Waals surface area (Å²) < 4.78 is 3.04. The highest BCUT2D eigenvalue weighted by Crippen LogP contribution is 2.27. The predicted octanol–water partition coefficient (Wildman–Crippen LogP) is 4.69.